The number of carbonyl (C=O) groups is 2. The van der Waals surface area contributed by atoms with Crippen LogP contribution in [0.1, 0.15) is 194 Å². The molecule has 0 saturated heterocycles. The molecule has 0 N–H and O–H groups in total. The Balaban J connectivity index is 4.12. The molecular weight excluding hydrogens is 510 g/mol. The number of carbonyl (C=O) groups excluding carboxylic acids is 2. The first-order valence-corrected chi connectivity index (χ1v) is 18.0. The van der Waals surface area contributed by atoms with E-state index in [0.29, 0.717) is 13.0 Å². The summed E-state index contributed by atoms with van der Waals surface area (Å²) in [5, 5.41) is 1.29. The van der Waals surface area contributed by atoms with E-state index < -0.39 is 0 Å². The van der Waals surface area contributed by atoms with Crippen molar-refractivity contribution in [1.29, 1.82) is 0 Å². The fraction of sp³-hybridized carbons (Fsp3) is 0.944. The van der Waals surface area contributed by atoms with E-state index in [-0.39, 0.29) is 17.8 Å². The van der Waals surface area contributed by atoms with Gasteiger partial charge in [-0.15, -0.1) is 0 Å². The Morgan fingerprint density at radius 3 is 1.32 bits per heavy atom. The summed E-state index contributed by atoms with van der Waals surface area (Å²) in [5.41, 5.74) is 0. The second-order valence-corrected chi connectivity index (χ2v) is 12.4. The minimum atomic E-state index is 0.0104. The first kappa shape index (κ1) is 39.9. The van der Waals surface area contributed by atoms with Crippen LogP contribution in [0.2, 0.25) is 0 Å². The standard InChI is InChI=1S/C36H71NO4/c1-5-7-9-11-13-15-17-18-20-22-24-29-33-41-36(39)34(31-27-25-28-32-35(38)37(3)40-4)30-26-23-21-19-16-14-12-10-8-6-2/h34H,5-33H2,1-4H3/t34-/m1/s1. The van der Waals surface area contributed by atoms with E-state index in [9.17, 15) is 9.59 Å². The first-order valence-electron chi connectivity index (χ1n) is 18.0. The number of hydrogen-bond donors (Lipinski definition) is 0. The highest BCUT2D eigenvalue weighted by molar-refractivity contribution is 5.74. The van der Waals surface area contributed by atoms with Gasteiger partial charge < -0.3 is 4.74 Å². The summed E-state index contributed by atoms with van der Waals surface area (Å²) in [5.74, 6) is 0.0362. The second kappa shape index (κ2) is 31.8. The zero-order valence-corrected chi connectivity index (χ0v) is 28.2. The van der Waals surface area contributed by atoms with Crippen molar-refractivity contribution < 1.29 is 19.2 Å². The zero-order chi connectivity index (χ0) is 30.2. The second-order valence-electron chi connectivity index (χ2n) is 12.4. The van der Waals surface area contributed by atoms with Gasteiger partial charge in [-0.2, -0.15) is 0 Å². The van der Waals surface area contributed by atoms with Gasteiger partial charge in [0.1, 0.15) is 0 Å². The third-order valence-electron chi connectivity index (χ3n) is 8.55. The summed E-state index contributed by atoms with van der Waals surface area (Å²) in [7, 11) is 3.16. The summed E-state index contributed by atoms with van der Waals surface area (Å²) in [6.45, 7) is 5.12. The quantitative estimate of drug-likeness (QED) is 0.0450. The molecule has 0 aliphatic carbocycles. The highest BCUT2D eigenvalue weighted by atomic mass is 16.7. The van der Waals surface area contributed by atoms with Gasteiger partial charge in [0.25, 0.3) is 0 Å². The maximum absolute atomic E-state index is 12.9. The van der Waals surface area contributed by atoms with Crippen molar-refractivity contribution in [3.05, 3.63) is 0 Å². The van der Waals surface area contributed by atoms with E-state index >= 15 is 0 Å². The Hall–Kier alpha value is -1.10. The average molecular weight is 582 g/mol. The average Bonchev–Trinajstić information content (AvgIpc) is 2.98. The van der Waals surface area contributed by atoms with Gasteiger partial charge in [0.15, 0.2) is 0 Å². The fourth-order valence-corrected chi connectivity index (χ4v) is 5.59. The van der Waals surface area contributed by atoms with E-state index in [1.165, 1.54) is 134 Å². The smallest absolute Gasteiger partial charge is 0.308 e. The van der Waals surface area contributed by atoms with Gasteiger partial charge in [-0.05, 0) is 25.7 Å². The maximum atomic E-state index is 12.9. The van der Waals surface area contributed by atoms with Gasteiger partial charge >= 0.3 is 5.97 Å². The van der Waals surface area contributed by atoms with Gasteiger partial charge in [-0.25, -0.2) is 5.06 Å². The lowest BCUT2D eigenvalue weighted by atomic mass is 9.94. The van der Waals surface area contributed by atoms with Crippen LogP contribution < -0.4 is 0 Å². The number of esters is 1. The van der Waals surface area contributed by atoms with Crippen molar-refractivity contribution in [2.45, 2.75) is 194 Å². The lowest BCUT2D eigenvalue weighted by Gasteiger charge is -2.17. The van der Waals surface area contributed by atoms with Crippen LogP contribution in [0.5, 0.6) is 0 Å². The molecule has 0 aliphatic heterocycles. The molecule has 5 heteroatoms. The van der Waals surface area contributed by atoms with Gasteiger partial charge in [0.05, 0.1) is 19.6 Å². The third kappa shape index (κ3) is 27.5. The third-order valence-corrected chi connectivity index (χ3v) is 8.55. The molecule has 0 aromatic heterocycles. The largest absolute Gasteiger partial charge is 0.465 e. The molecule has 1 atom stereocenters. The van der Waals surface area contributed by atoms with Crippen LogP contribution in [-0.2, 0) is 19.2 Å². The molecule has 0 spiro atoms. The van der Waals surface area contributed by atoms with Crippen LogP contribution in [0.25, 0.3) is 0 Å². The SMILES string of the molecule is CCCCCCCCCCCCCCOC(=O)[C@H](CCCCCCCCCCCC)CCCCCC(=O)N(C)OC. The Morgan fingerprint density at radius 1 is 0.537 bits per heavy atom. The van der Waals surface area contributed by atoms with Crippen molar-refractivity contribution in [1.82, 2.24) is 5.06 Å². The molecule has 0 unspecified atom stereocenters. The van der Waals surface area contributed by atoms with Crippen LogP contribution in [0.15, 0.2) is 0 Å². The van der Waals surface area contributed by atoms with Crippen molar-refractivity contribution in [3.63, 3.8) is 0 Å². The minimum absolute atomic E-state index is 0.0104. The molecule has 0 fully saturated rings. The van der Waals surface area contributed by atoms with Crippen LogP contribution in [-0.4, -0.2) is 37.7 Å². The van der Waals surface area contributed by atoms with Crippen molar-refractivity contribution in [2.75, 3.05) is 20.8 Å². The Bertz CT molecular complexity index is 568. The predicted octanol–water partition coefficient (Wildman–Crippen LogP) is 11.1. The molecule has 0 heterocycles. The summed E-state index contributed by atoms with van der Waals surface area (Å²) < 4.78 is 5.76. The molecular formula is C36H71NO4. The molecule has 1 amide bonds. The van der Waals surface area contributed by atoms with E-state index in [4.69, 9.17) is 9.57 Å². The number of nitrogens with zero attached hydrogens (tertiary/aromatic N) is 1. The molecule has 0 saturated carbocycles. The molecule has 0 aromatic rings. The molecule has 41 heavy (non-hydrogen) atoms. The van der Waals surface area contributed by atoms with Gasteiger partial charge in [0.2, 0.25) is 5.91 Å². The van der Waals surface area contributed by atoms with E-state index in [0.717, 1.165) is 51.4 Å². The number of hydrogen-bond acceptors (Lipinski definition) is 4. The highest BCUT2D eigenvalue weighted by Crippen LogP contribution is 2.21. The Kier molecular flexibility index (Phi) is 31.0. The Labute approximate surface area is 256 Å². The Morgan fingerprint density at radius 2 is 0.902 bits per heavy atom. The summed E-state index contributed by atoms with van der Waals surface area (Å²) in [6, 6.07) is 0. The molecule has 0 aromatic carbocycles. The lowest BCUT2D eigenvalue weighted by molar-refractivity contribution is -0.168. The molecule has 5 nitrogen and oxygen atoms in total. The number of hydroxylamine groups is 2. The van der Waals surface area contributed by atoms with Gasteiger partial charge in [-0.3, -0.25) is 14.4 Å². The van der Waals surface area contributed by atoms with Gasteiger partial charge in [0, 0.05) is 13.5 Å². The normalized spacial score (nSPS) is 12.0. The molecule has 0 radical (unpaired) electrons. The van der Waals surface area contributed by atoms with Crippen LogP contribution in [0, 0.1) is 5.92 Å². The first-order chi connectivity index (χ1) is 20.1. The molecule has 0 rings (SSSR count). The van der Waals surface area contributed by atoms with E-state index in [1.807, 2.05) is 0 Å². The van der Waals surface area contributed by atoms with Crippen LogP contribution >= 0.6 is 0 Å². The fourth-order valence-electron chi connectivity index (χ4n) is 5.59. The summed E-state index contributed by atoms with van der Waals surface area (Å²) >= 11 is 0. The maximum Gasteiger partial charge on any atom is 0.308 e. The lowest BCUT2D eigenvalue weighted by Crippen LogP contribution is -2.24. The van der Waals surface area contributed by atoms with Crippen LogP contribution in [0.4, 0.5) is 0 Å². The summed E-state index contributed by atoms with van der Waals surface area (Å²) in [6.07, 6.45) is 34.0. The minimum Gasteiger partial charge on any atom is -0.465 e. The number of amides is 1. The summed E-state index contributed by atoms with van der Waals surface area (Å²) in [4.78, 5) is 29.8. The molecule has 0 aliphatic rings. The van der Waals surface area contributed by atoms with Gasteiger partial charge in [-0.1, -0.05) is 162 Å². The highest BCUT2D eigenvalue weighted by Gasteiger charge is 2.19. The number of rotatable bonds is 32. The van der Waals surface area contributed by atoms with Crippen molar-refractivity contribution in [3.8, 4) is 0 Å². The number of unbranched alkanes of at least 4 members (excludes halogenated alkanes) is 22. The zero-order valence-electron chi connectivity index (χ0n) is 28.2. The van der Waals surface area contributed by atoms with Crippen LogP contribution in [0.3, 0.4) is 0 Å². The number of ether oxygens (including phenoxy) is 1. The molecule has 0 bridgehead atoms. The monoisotopic (exact) mass is 582 g/mol. The topological polar surface area (TPSA) is 55.8 Å². The predicted molar refractivity (Wildman–Crippen MR) is 175 cm³/mol. The van der Waals surface area contributed by atoms with E-state index in [2.05, 4.69) is 13.8 Å². The van der Waals surface area contributed by atoms with Crippen molar-refractivity contribution >= 4 is 11.9 Å². The van der Waals surface area contributed by atoms with Crippen molar-refractivity contribution in [2.24, 2.45) is 5.92 Å². The molecule has 244 valence electrons. The van der Waals surface area contributed by atoms with E-state index in [1.54, 1.807) is 7.05 Å².